The molecule has 2 aliphatic carbocycles. The average Bonchev–Trinajstić information content (AvgIpc) is 3.02. The first-order chi connectivity index (χ1) is 10.1. The summed E-state index contributed by atoms with van der Waals surface area (Å²) in [5.41, 5.74) is -4.19. The van der Waals surface area contributed by atoms with Gasteiger partial charge in [-0.05, 0) is 13.8 Å². The molecule has 7 heteroatoms. The van der Waals surface area contributed by atoms with Crippen molar-refractivity contribution in [2.45, 2.75) is 61.5 Å². The number of carbonyl (C=O) groups is 1. The SMILES string of the molecule is C=C1C(=O)O[C@H]2[C@H]1[C@H](O)C[C@@](C)(O)[C@@]13O[C@@H]1[C@H](O)[C@@](C)(O)[C@H]23. The summed E-state index contributed by atoms with van der Waals surface area (Å²) in [6, 6.07) is 0. The third kappa shape index (κ3) is 1.33. The Kier molecular flexibility index (Phi) is 2.48. The molecule has 1 spiro atoms. The largest absolute Gasteiger partial charge is 0.458 e. The van der Waals surface area contributed by atoms with Gasteiger partial charge in [-0.3, -0.25) is 0 Å². The zero-order valence-electron chi connectivity index (χ0n) is 12.4. The lowest BCUT2D eigenvalue weighted by molar-refractivity contribution is -0.178. The van der Waals surface area contributed by atoms with Gasteiger partial charge in [0.1, 0.15) is 23.9 Å². The quantitative estimate of drug-likeness (QED) is 0.243. The van der Waals surface area contributed by atoms with Crippen LogP contribution in [0.5, 0.6) is 0 Å². The fourth-order valence-corrected chi connectivity index (χ4v) is 5.02. The van der Waals surface area contributed by atoms with Crippen LogP contribution < -0.4 is 0 Å². The van der Waals surface area contributed by atoms with E-state index < -0.39 is 59.0 Å². The Bertz CT molecular complexity index is 582. The third-order valence-electron chi connectivity index (χ3n) is 6.12. The second-order valence-electron chi connectivity index (χ2n) is 7.45. The van der Waals surface area contributed by atoms with E-state index in [9.17, 15) is 25.2 Å². The van der Waals surface area contributed by atoms with Crippen LogP contribution in [0.25, 0.3) is 0 Å². The zero-order valence-corrected chi connectivity index (χ0v) is 12.4. The van der Waals surface area contributed by atoms with Crippen LogP contribution in [0.15, 0.2) is 12.2 Å². The van der Waals surface area contributed by atoms with Crippen LogP contribution in [0.3, 0.4) is 0 Å². The van der Waals surface area contributed by atoms with Crippen LogP contribution in [0.2, 0.25) is 0 Å². The van der Waals surface area contributed by atoms with E-state index in [0.29, 0.717) is 0 Å². The fourth-order valence-electron chi connectivity index (χ4n) is 5.02. The number of carbonyl (C=O) groups excluding carboxylic acids is 1. The monoisotopic (exact) mass is 312 g/mol. The van der Waals surface area contributed by atoms with E-state index in [4.69, 9.17) is 9.47 Å². The highest BCUT2D eigenvalue weighted by Gasteiger charge is 2.86. The minimum Gasteiger partial charge on any atom is -0.458 e. The number of aliphatic hydroxyl groups is 4. The average molecular weight is 312 g/mol. The maximum Gasteiger partial charge on any atom is 0.334 e. The molecule has 4 fully saturated rings. The summed E-state index contributed by atoms with van der Waals surface area (Å²) in [7, 11) is 0. The molecule has 2 saturated carbocycles. The van der Waals surface area contributed by atoms with Crippen molar-refractivity contribution in [1.29, 1.82) is 0 Å². The molecule has 7 nitrogen and oxygen atoms in total. The van der Waals surface area contributed by atoms with E-state index >= 15 is 0 Å². The highest BCUT2D eigenvalue weighted by Crippen LogP contribution is 2.68. The molecule has 2 heterocycles. The van der Waals surface area contributed by atoms with Gasteiger partial charge in [-0.25, -0.2) is 4.79 Å². The molecular weight excluding hydrogens is 292 g/mol. The lowest BCUT2D eigenvalue weighted by Gasteiger charge is -2.40. The Labute approximate surface area is 127 Å². The Balaban J connectivity index is 1.90. The van der Waals surface area contributed by atoms with Crippen molar-refractivity contribution in [3.63, 3.8) is 0 Å². The summed E-state index contributed by atoms with van der Waals surface area (Å²) in [6.07, 6.45) is -3.94. The molecule has 0 aromatic rings. The maximum absolute atomic E-state index is 11.9. The van der Waals surface area contributed by atoms with Crippen molar-refractivity contribution in [2.75, 3.05) is 0 Å². The molecule has 0 aromatic heterocycles. The van der Waals surface area contributed by atoms with E-state index in [-0.39, 0.29) is 12.0 Å². The Morgan fingerprint density at radius 2 is 1.91 bits per heavy atom. The molecule has 0 amide bonds. The van der Waals surface area contributed by atoms with E-state index in [1.54, 1.807) is 0 Å². The normalized spacial score (nSPS) is 62.8. The Morgan fingerprint density at radius 1 is 1.27 bits per heavy atom. The first kappa shape index (κ1) is 14.6. The second kappa shape index (κ2) is 3.73. The summed E-state index contributed by atoms with van der Waals surface area (Å²) in [6.45, 7) is 6.64. The topological polar surface area (TPSA) is 120 Å². The minimum absolute atomic E-state index is 0.0559. The molecule has 2 saturated heterocycles. The van der Waals surface area contributed by atoms with Gasteiger partial charge in [-0.1, -0.05) is 6.58 Å². The van der Waals surface area contributed by atoms with Gasteiger partial charge in [0.15, 0.2) is 0 Å². The van der Waals surface area contributed by atoms with E-state index in [2.05, 4.69) is 6.58 Å². The predicted molar refractivity (Wildman–Crippen MR) is 71.5 cm³/mol. The minimum atomic E-state index is -1.61. The van der Waals surface area contributed by atoms with Gasteiger partial charge >= 0.3 is 5.97 Å². The first-order valence-electron chi connectivity index (χ1n) is 7.44. The highest BCUT2D eigenvalue weighted by atomic mass is 16.7. The summed E-state index contributed by atoms with van der Waals surface area (Å²) in [4.78, 5) is 11.9. The van der Waals surface area contributed by atoms with Crippen molar-refractivity contribution in [1.82, 2.24) is 0 Å². The molecule has 0 unspecified atom stereocenters. The summed E-state index contributed by atoms with van der Waals surface area (Å²) < 4.78 is 11.0. The van der Waals surface area contributed by atoms with Crippen molar-refractivity contribution >= 4 is 5.97 Å². The molecule has 4 N–H and O–H groups in total. The van der Waals surface area contributed by atoms with Crippen molar-refractivity contribution in [3.8, 4) is 0 Å². The smallest absolute Gasteiger partial charge is 0.334 e. The number of epoxide rings is 1. The predicted octanol–water partition coefficient (Wildman–Crippen LogP) is -1.52. The number of aliphatic hydroxyl groups excluding tert-OH is 2. The van der Waals surface area contributed by atoms with Gasteiger partial charge in [0.2, 0.25) is 0 Å². The molecule has 4 rings (SSSR count). The molecular formula is C15H20O7. The lowest BCUT2D eigenvalue weighted by Crippen LogP contribution is -2.56. The van der Waals surface area contributed by atoms with Gasteiger partial charge in [0.25, 0.3) is 0 Å². The maximum atomic E-state index is 11.9. The molecule has 0 bridgehead atoms. The molecule has 4 aliphatic rings. The summed E-state index contributed by atoms with van der Waals surface area (Å²) >= 11 is 0. The van der Waals surface area contributed by atoms with Crippen molar-refractivity contribution in [2.24, 2.45) is 11.8 Å². The van der Waals surface area contributed by atoms with Gasteiger partial charge in [-0.15, -0.1) is 0 Å². The second-order valence-corrected chi connectivity index (χ2v) is 7.45. The number of rotatable bonds is 0. The fraction of sp³-hybridized carbons (Fsp3) is 0.800. The molecule has 0 aromatic carbocycles. The number of esters is 1. The summed E-state index contributed by atoms with van der Waals surface area (Å²) in [5.74, 6) is -2.20. The number of hydrogen-bond acceptors (Lipinski definition) is 7. The molecule has 22 heavy (non-hydrogen) atoms. The lowest BCUT2D eigenvalue weighted by atomic mass is 9.73. The Hall–Kier alpha value is -0.990. The molecule has 122 valence electrons. The van der Waals surface area contributed by atoms with Crippen molar-refractivity contribution < 1.29 is 34.7 Å². The molecule has 9 atom stereocenters. The summed E-state index contributed by atoms with van der Waals surface area (Å²) in [5, 5.41) is 42.4. The molecule has 0 radical (unpaired) electrons. The number of hydrogen-bond donors (Lipinski definition) is 4. The van der Waals surface area contributed by atoms with Gasteiger partial charge < -0.3 is 29.9 Å². The van der Waals surface area contributed by atoms with Crippen LogP contribution in [0.1, 0.15) is 20.3 Å². The van der Waals surface area contributed by atoms with Gasteiger partial charge in [0, 0.05) is 12.0 Å². The molecule has 2 aliphatic heterocycles. The Morgan fingerprint density at radius 3 is 2.55 bits per heavy atom. The van der Waals surface area contributed by atoms with E-state index in [0.717, 1.165) is 0 Å². The first-order valence-corrected chi connectivity index (χ1v) is 7.44. The van der Waals surface area contributed by atoms with Crippen LogP contribution in [-0.4, -0.2) is 67.6 Å². The van der Waals surface area contributed by atoms with Crippen molar-refractivity contribution in [3.05, 3.63) is 12.2 Å². The standard InChI is InChI=1S/C15H20O7/c1-5-7-6(16)4-13(2,19)15-9(8(7)21-12(5)18)14(3,20)10(17)11(15)22-15/h6-11,16-17,19-20H,1,4H2,2-3H3/t6-,7-,8+,9+,10+,11-,13-,14+,15+/m1/s1. The van der Waals surface area contributed by atoms with E-state index in [1.807, 2.05) is 0 Å². The van der Waals surface area contributed by atoms with Crippen LogP contribution >= 0.6 is 0 Å². The number of fused-ring (bicyclic) bond motifs is 2. The van der Waals surface area contributed by atoms with Crippen LogP contribution in [-0.2, 0) is 14.3 Å². The van der Waals surface area contributed by atoms with E-state index in [1.165, 1.54) is 13.8 Å². The van der Waals surface area contributed by atoms with Crippen LogP contribution in [0.4, 0.5) is 0 Å². The van der Waals surface area contributed by atoms with Crippen LogP contribution in [0, 0.1) is 11.8 Å². The van der Waals surface area contributed by atoms with Gasteiger partial charge in [0.05, 0.1) is 29.1 Å². The highest BCUT2D eigenvalue weighted by molar-refractivity contribution is 5.91. The van der Waals surface area contributed by atoms with Gasteiger partial charge in [-0.2, -0.15) is 0 Å². The third-order valence-corrected chi connectivity index (χ3v) is 6.12. The number of ether oxygens (including phenoxy) is 2. The zero-order chi connectivity index (χ0) is 16.2.